The fourth-order valence-corrected chi connectivity index (χ4v) is 3.78. The van der Waals surface area contributed by atoms with Crippen LogP contribution in [0.2, 0.25) is 0 Å². The van der Waals surface area contributed by atoms with Crippen molar-refractivity contribution in [2.24, 2.45) is 0 Å². The quantitative estimate of drug-likeness (QED) is 0.888. The van der Waals surface area contributed by atoms with Gasteiger partial charge in [0.15, 0.2) is 0 Å². The number of halogens is 1. The van der Waals surface area contributed by atoms with E-state index >= 15 is 0 Å². The van der Waals surface area contributed by atoms with Crippen LogP contribution in [0, 0.1) is 5.82 Å². The minimum atomic E-state index is -0.748. The highest BCUT2D eigenvalue weighted by atomic mass is 19.1. The minimum absolute atomic E-state index is 0.166. The van der Waals surface area contributed by atoms with Crippen molar-refractivity contribution in [3.8, 4) is 0 Å². The molecule has 3 unspecified atom stereocenters. The van der Waals surface area contributed by atoms with Crippen molar-refractivity contribution in [2.45, 2.75) is 56.4 Å². The average molecular weight is 279 g/mol. The second kappa shape index (κ2) is 5.80. The summed E-state index contributed by atoms with van der Waals surface area (Å²) in [5, 5.41) is 19.9. The Kier molecular flexibility index (Phi) is 4.06. The summed E-state index contributed by atoms with van der Waals surface area (Å²) in [4.78, 5) is 2.40. The number of piperidine rings is 1. The molecule has 4 heteroatoms. The van der Waals surface area contributed by atoms with Crippen LogP contribution in [-0.2, 0) is 0 Å². The summed E-state index contributed by atoms with van der Waals surface area (Å²) in [5.74, 6) is -0.336. The summed E-state index contributed by atoms with van der Waals surface area (Å²) in [5.41, 5.74) is 0.386. The van der Waals surface area contributed by atoms with Crippen molar-refractivity contribution in [3.63, 3.8) is 0 Å². The number of nitrogens with zero attached hydrogens (tertiary/aromatic N) is 1. The minimum Gasteiger partial charge on any atom is -0.393 e. The normalized spacial score (nSPS) is 31.4. The number of fused-ring (bicyclic) bond motifs is 2. The molecule has 0 amide bonds. The van der Waals surface area contributed by atoms with E-state index in [1.165, 1.54) is 6.07 Å². The molecule has 0 radical (unpaired) electrons. The van der Waals surface area contributed by atoms with Crippen LogP contribution in [0.3, 0.4) is 0 Å². The Labute approximate surface area is 119 Å². The lowest BCUT2D eigenvalue weighted by Crippen LogP contribution is -2.45. The maximum Gasteiger partial charge on any atom is 0.128 e. The summed E-state index contributed by atoms with van der Waals surface area (Å²) < 4.78 is 13.6. The van der Waals surface area contributed by atoms with Gasteiger partial charge in [0.05, 0.1) is 12.2 Å². The predicted molar refractivity (Wildman–Crippen MR) is 74.7 cm³/mol. The first kappa shape index (κ1) is 14.0. The van der Waals surface area contributed by atoms with Crippen LogP contribution in [0.15, 0.2) is 24.3 Å². The molecule has 2 heterocycles. The molecule has 2 fully saturated rings. The summed E-state index contributed by atoms with van der Waals surface area (Å²) in [7, 11) is 0. The molecule has 1 aromatic carbocycles. The van der Waals surface area contributed by atoms with E-state index in [4.69, 9.17) is 0 Å². The lowest BCUT2D eigenvalue weighted by Gasteiger charge is -2.37. The molecule has 0 spiro atoms. The molecule has 0 aliphatic carbocycles. The highest BCUT2D eigenvalue weighted by Crippen LogP contribution is 2.36. The van der Waals surface area contributed by atoms with E-state index in [-0.39, 0.29) is 11.9 Å². The molecule has 110 valence electrons. The van der Waals surface area contributed by atoms with Gasteiger partial charge in [0, 0.05) is 24.2 Å². The lowest BCUT2D eigenvalue weighted by atomic mass is 9.98. The van der Waals surface area contributed by atoms with Gasteiger partial charge < -0.3 is 10.2 Å². The van der Waals surface area contributed by atoms with Gasteiger partial charge in [0.1, 0.15) is 5.82 Å². The summed E-state index contributed by atoms with van der Waals surface area (Å²) in [6.07, 6.45) is 3.58. The molecule has 2 aliphatic rings. The zero-order chi connectivity index (χ0) is 14.1. The SMILES string of the molecule is OC1CC2CCC(C1)N2CCC(O)c1ccccc1F. The molecular formula is C16H22FNO2. The predicted octanol–water partition coefficient (Wildman–Crippen LogP) is 2.24. The van der Waals surface area contributed by atoms with E-state index in [2.05, 4.69) is 4.90 Å². The van der Waals surface area contributed by atoms with Crippen LogP contribution >= 0.6 is 0 Å². The van der Waals surface area contributed by atoms with Crippen LogP contribution in [0.5, 0.6) is 0 Å². The third-order valence-electron chi connectivity index (χ3n) is 4.78. The molecule has 3 atom stereocenters. The molecule has 20 heavy (non-hydrogen) atoms. The molecule has 3 nitrogen and oxygen atoms in total. The first-order valence-corrected chi connectivity index (χ1v) is 7.51. The van der Waals surface area contributed by atoms with E-state index in [9.17, 15) is 14.6 Å². The fraction of sp³-hybridized carbons (Fsp3) is 0.625. The number of benzene rings is 1. The standard InChI is InChI=1S/C16H22FNO2/c17-15-4-2-1-3-14(15)16(20)7-8-18-11-5-6-12(18)10-13(19)9-11/h1-4,11-13,16,19-20H,5-10H2. The number of hydrogen-bond donors (Lipinski definition) is 2. The maximum absolute atomic E-state index is 13.6. The van der Waals surface area contributed by atoms with Gasteiger partial charge in [-0.1, -0.05) is 18.2 Å². The van der Waals surface area contributed by atoms with Crippen molar-refractivity contribution in [2.75, 3.05) is 6.54 Å². The van der Waals surface area contributed by atoms with Crippen LogP contribution in [-0.4, -0.2) is 39.8 Å². The number of aliphatic hydroxyl groups is 2. The van der Waals surface area contributed by atoms with Gasteiger partial charge in [-0.3, -0.25) is 4.90 Å². The Hall–Kier alpha value is -0.970. The van der Waals surface area contributed by atoms with Crippen molar-refractivity contribution in [1.82, 2.24) is 4.90 Å². The molecule has 2 bridgehead atoms. The molecule has 3 rings (SSSR count). The average Bonchev–Trinajstić information content (AvgIpc) is 2.67. The van der Waals surface area contributed by atoms with Gasteiger partial charge in [0.2, 0.25) is 0 Å². The van der Waals surface area contributed by atoms with Crippen molar-refractivity contribution >= 4 is 0 Å². The van der Waals surface area contributed by atoms with Crippen molar-refractivity contribution in [3.05, 3.63) is 35.6 Å². The molecular weight excluding hydrogens is 257 g/mol. The molecule has 2 aliphatic heterocycles. The van der Waals surface area contributed by atoms with E-state index < -0.39 is 6.10 Å². The zero-order valence-corrected chi connectivity index (χ0v) is 11.6. The second-order valence-corrected chi connectivity index (χ2v) is 6.07. The van der Waals surface area contributed by atoms with Crippen molar-refractivity contribution < 1.29 is 14.6 Å². The van der Waals surface area contributed by atoms with Gasteiger partial charge in [-0.25, -0.2) is 4.39 Å². The lowest BCUT2D eigenvalue weighted by molar-refractivity contribution is 0.0263. The highest BCUT2D eigenvalue weighted by Gasteiger charge is 2.39. The molecule has 0 saturated carbocycles. The number of rotatable bonds is 4. The Bertz CT molecular complexity index is 454. The smallest absolute Gasteiger partial charge is 0.128 e. The van der Waals surface area contributed by atoms with Crippen LogP contribution in [0.4, 0.5) is 4.39 Å². The molecule has 1 aromatic rings. The van der Waals surface area contributed by atoms with Crippen molar-refractivity contribution in [1.29, 1.82) is 0 Å². The summed E-state index contributed by atoms with van der Waals surface area (Å²) >= 11 is 0. The monoisotopic (exact) mass is 279 g/mol. The van der Waals surface area contributed by atoms with E-state index in [0.717, 1.165) is 32.2 Å². The van der Waals surface area contributed by atoms with E-state index in [0.29, 0.717) is 24.1 Å². The van der Waals surface area contributed by atoms with Gasteiger partial charge in [-0.15, -0.1) is 0 Å². The molecule has 0 aromatic heterocycles. The molecule has 2 saturated heterocycles. The van der Waals surface area contributed by atoms with E-state index in [1.54, 1.807) is 18.2 Å². The van der Waals surface area contributed by atoms with Gasteiger partial charge in [-0.2, -0.15) is 0 Å². The van der Waals surface area contributed by atoms with E-state index in [1.807, 2.05) is 0 Å². The van der Waals surface area contributed by atoms with Gasteiger partial charge >= 0.3 is 0 Å². The third kappa shape index (κ3) is 2.73. The number of hydrogen-bond acceptors (Lipinski definition) is 3. The Balaban J connectivity index is 1.59. The highest BCUT2D eigenvalue weighted by molar-refractivity contribution is 5.19. The van der Waals surface area contributed by atoms with Crippen LogP contribution < -0.4 is 0 Å². The summed E-state index contributed by atoms with van der Waals surface area (Å²) in [6.45, 7) is 0.775. The van der Waals surface area contributed by atoms with Crippen LogP contribution in [0.25, 0.3) is 0 Å². The topological polar surface area (TPSA) is 43.7 Å². The van der Waals surface area contributed by atoms with Gasteiger partial charge in [-0.05, 0) is 38.2 Å². The first-order chi connectivity index (χ1) is 9.65. The summed E-state index contributed by atoms with van der Waals surface area (Å²) in [6, 6.07) is 7.31. The zero-order valence-electron chi connectivity index (χ0n) is 11.6. The van der Waals surface area contributed by atoms with Gasteiger partial charge in [0.25, 0.3) is 0 Å². The Morgan fingerprint density at radius 1 is 1.20 bits per heavy atom. The van der Waals surface area contributed by atoms with Crippen LogP contribution in [0.1, 0.15) is 43.8 Å². The number of aliphatic hydroxyl groups excluding tert-OH is 2. The maximum atomic E-state index is 13.6. The first-order valence-electron chi connectivity index (χ1n) is 7.51. The second-order valence-electron chi connectivity index (χ2n) is 6.07. The molecule has 2 N–H and O–H groups in total. The Morgan fingerprint density at radius 3 is 2.50 bits per heavy atom. The largest absolute Gasteiger partial charge is 0.393 e. The fourth-order valence-electron chi connectivity index (χ4n) is 3.78. The third-order valence-corrected chi connectivity index (χ3v) is 4.78. The Morgan fingerprint density at radius 2 is 1.85 bits per heavy atom.